The molecule has 3 aromatic rings. The van der Waals surface area contributed by atoms with Crippen LogP contribution >= 0.6 is 0 Å². The Balaban J connectivity index is 2.28. The average molecular weight is 274 g/mol. The van der Waals surface area contributed by atoms with Gasteiger partial charge in [0.15, 0.2) is 0 Å². The topological polar surface area (TPSA) is 77.2 Å². The Morgan fingerprint density at radius 1 is 1.11 bits per heavy atom. The van der Waals surface area contributed by atoms with E-state index in [1.54, 1.807) is 6.20 Å². The molecule has 96 valence electrons. The van der Waals surface area contributed by atoms with Crippen molar-refractivity contribution < 1.29 is 8.42 Å². The number of pyridine rings is 1. The zero-order valence-electron chi connectivity index (χ0n) is 10.1. The van der Waals surface area contributed by atoms with Gasteiger partial charge in [-0.1, -0.05) is 6.07 Å². The molecular weight excluding hydrogens is 264 g/mol. The summed E-state index contributed by atoms with van der Waals surface area (Å²) in [6.45, 7) is 0. The first kappa shape index (κ1) is 11.8. The van der Waals surface area contributed by atoms with Gasteiger partial charge in [0.2, 0.25) is 9.84 Å². The number of fused-ring (bicyclic) bond motifs is 1. The van der Waals surface area contributed by atoms with Crippen LogP contribution in [0.25, 0.3) is 16.9 Å². The van der Waals surface area contributed by atoms with Crippen LogP contribution < -0.4 is 0 Å². The van der Waals surface area contributed by atoms with Gasteiger partial charge in [0, 0.05) is 12.5 Å². The molecule has 3 rings (SSSR count). The van der Waals surface area contributed by atoms with E-state index in [9.17, 15) is 8.42 Å². The molecule has 0 fully saturated rings. The molecule has 0 N–H and O–H groups in total. The summed E-state index contributed by atoms with van der Waals surface area (Å²) in [5.41, 5.74) is 2.16. The molecule has 0 spiro atoms. The van der Waals surface area contributed by atoms with Crippen molar-refractivity contribution in [1.29, 1.82) is 0 Å². The van der Waals surface area contributed by atoms with Crippen LogP contribution in [0.15, 0.2) is 47.9 Å². The van der Waals surface area contributed by atoms with Gasteiger partial charge in [-0.15, -0.1) is 5.10 Å². The fourth-order valence-corrected chi connectivity index (χ4v) is 2.24. The van der Waals surface area contributed by atoms with Gasteiger partial charge >= 0.3 is 0 Å². The molecule has 7 heteroatoms. The molecule has 3 aromatic heterocycles. The number of sulfone groups is 1. The maximum Gasteiger partial charge on any atom is 0.265 e. The van der Waals surface area contributed by atoms with Crippen LogP contribution in [0.2, 0.25) is 0 Å². The summed E-state index contributed by atoms with van der Waals surface area (Å²) in [4.78, 5) is 8.08. The first-order valence-electron chi connectivity index (χ1n) is 5.52. The molecule has 0 aromatic carbocycles. The quantitative estimate of drug-likeness (QED) is 0.701. The second-order valence-corrected chi connectivity index (χ2v) is 5.99. The maximum absolute atomic E-state index is 11.5. The van der Waals surface area contributed by atoms with Crippen molar-refractivity contribution in [2.24, 2.45) is 0 Å². The largest absolute Gasteiger partial charge is 0.265 e. The highest BCUT2D eigenvalue weighted by Gasteiger charge is 2.14. The van der Waals surface area contributed by atoms with Crippen LogP contribution in [0.3, 0.4) is 0 Å². The number of hydrogen-bond donors (Lipinski definition) is 0. The lowest BCUT2D eigenvalue weighted by Crippen LogP contribution is -2.08. The Kier molecular flexibility index (Phi) is 2.56. The monoisotopic (exact) mass is 274 g/mol. The minimum absolute atomic E-state index is 0.201. The van der Waals surface area contributed by atoms with Crippen LogP contribution in [0.5, 0.6) is 0 Å². The van der Waals surface area contributed by atoms with Crippen molar-refractivity contribution in [3.05, 3.63) is 42.7 Å². The zero-order valence-corrected chi connectivity index (χ0v) is 10.9. The molecule has 6 nitrogen and oxygen atoms in total. The smallest absolute Gasteiger partial charge is 0.255 e. The Morgan fingerprint density at radius 2 is 1.95 bits per heavy atom. The van der Waals surface area contributed by atoms with E-state index in [1.807, 2.05) is 30.3 Å². The minimum Gasteiger partial charge on any atom is -0.255 e. The van der Waals surface area contributed by atoms with Crippen molar-refractivity contribution in [3.63, 3.8) is 0 Å². The van der Waals surface area contributed by atoms with Crippen LogP contribution in [-0.4, -0.2) is 34.3 Å². The van der Waals surface area contributed by atoms with E-state index in [4.69, 9.17) is 0 Å². The lowest BCUT2D eigenvalue weighted by Gasteiger charge is -2.02. The number of nitrogens with zero attached hydrogens (tertiary/aromatic N) is 4. The van der Waals surface area contributed by atoms with E-state index in [2.05, 4.69) is 15.1 Å². The lowest BCUT2D eigenvalue weighted by atomic mass is 10.3. The van der Waals surface area contributed by atoms with E-state index >= 15 is 0 Å². The first-order chi connectivity index (χ1) is 9.05. The Bertz CT molecular complexity index is 841. The zero-order chi connectivity index (χ0) is 13.5. The lowest BCUT2D eigenvalue weighted by molar-refractivity contribution is 0.587. The van der Waals surface area contributed by atoms with Gasteiger partial charge in [0.1, 0.15) is 0 Å². The molecule has 0 radical (unpaired) electrons. The molecule has 0 bridgehead atoms. The summed E-state index contributed by atoms with van der Waals surface area (Å²) >= 11 is 0. The fourth-order valence-electron chi connectivity index (χ4n) is 1.76. The van der Waals surface area contributed by atoms with Gasteiger partial charge in [-0.25, -0.2) is 17.9 Å². The first-order valence-corrected chi connectivity index (χ1v) is 7.41. The van der Waals surface area contributed by atoms with E-state index < -0.39 is 9.84 Å². The molecule has 0 atom stereocenters. The SMILES string of the molecule is CS(=O)(=O)c1ncc2ccc(-c3ccccn3)n2n1. The summed E-state index contributed by atoms with van der Waals surface area (Å²) in [7, 11) is -3.43. The van der Waals surface area contributed by atoms with E-state index in [0.29, 0.717) is 5.52 Å². The number of rotatable bonds is 2. The van der Waals surface area contributed by atoms with Crippen LogP contribution in [-0.2, 0) is 9.84 Å². The molecule has 3 heterocycles. The third-order valence-electron chi connectivity index (χ3n) is 2.64. The Morgan fingerprint density at radius 3 is 2.63 bits per heavy atom. The Hall–Kier alpha value is -2.28. The molecule has 0 saturated carbocycles. The summed E-state index contributed by atoms with van der Waals surface area (Å²) in [6.07, 6.45) is 4.24. The van der Waals surface area contributed by atoms with Gasteiger partial charge in [-0.3, -0.25) is 4.98 Å². The van der Waals surface area contributed by atoms with Crippen LogP contribution in [0, 0.1) is 0 Å². The van der Waals surface area contributed by atoms with Crippen molar-refractivity contribution in [3.8, 4) is 11.4 Å². The summed E-state index contributed by atoms with van der Waals surface area (Å²) in [6, 6.07) is 9.16. The van der Waals surface area contributed by atoms with Crippen molar-refractivity contribution in [1.82, 2.24) is 19.6 Å². The second kappa shape index (κ2) is 4.13. The van der Waals surface area contributed by atoms with Crippen LogP contribution in [0.4, 0.5) is 0 Å². The van der Waals surface area contributed by atoms with E-state index in [0.717, 1.165) is 17.6 Å². The summed E-state index contributed by atoms with van der Waals surface area (Å²) in [5.74, 6) is 0. The summed E-state index contributed by atoms with van der Waals surface area (Å²) in [5, 5.41) is 3.86. The number of aromatic nitrogens is 4. The molecule has 19 heavy (non-hydrogen) atoms. The molecule has 0 aliphatic rings. The number of hydrogen-bond acceptors (Lipinski definition) is 5. The molecule has 0 saturated heterocycles. The van der Waals surface area contributed by atoms with Crippen LogP contribution in [0.1, 0.15) is 0 Å². The fraction of sp³-hybridized carbons (Fsp3) is 0.0833. The third kappa shape index (κ3) is 2.08. The average Bonchev–Trinajstić information content (AvgIpc) is 2.81. The standard InChI is InChI=1S/C12H10N4O2S/c1-19(17,18)12-14-8-9-5-6-11(16(9)15-12)10-4-2-3-7-13-10/h2-8H,1H3. The van der Waals surface area contributed by atoms with E-state index in [1.165, 1.54) is 10.7 Å². The highest BCUT2D eigenvalue weighted by molar-refractivity contribution is 7.90. The predicted molar refractivity (Wildman–Crippen MR) is 69.3 cm³/mol. The maximum atomic E-state index is 11.5. The van der Waals surface area contributed by atoms with Gasteiger partial charge in [0.25, 0.3) is 5.16 Å². The minimum atomic E-state index is -3.43. The van der Waals surface area contributed by atoms with Crippen molar-refractivity contribution >= 4 is 15.4 Å². The normalized spacial score (nSPS) is 11.8. The van der Waals surface area contributed by atoms with Gasteiger partial charge in [0.05, 0.1) is 23.1 Å². The van der Waals surface area contributed by atoms with E-state index in [-0.39, 0.29) is 5.16 Å². The summed E-state index contributed by atoms with van der Waals surface area (Å²) < 4.78 is 24.5. The third-order valence-corrected chi connectivity index (χ3v) is 3.49. The second-order valence-electron chi connectivity index (χ2n) is 4.08. The predicted octanol–water partition coefficient (Wildman–Crippen LogP) is 1.19. The van der Waals surface area contributed by atoms with Crippen molar-refractivity contribution in [2.75, 3.05) is 6.26 Å². The molecule has 0 aliphatic heterocycles. The highest BCUT2D eigenvalue weighted by atomic mass is 32.2. The van der Waals surface area contributed by atoms with Gasteiger partial charge in [-0.2, -0.15) is 0 Å². The van der Waals surface area contributed by atoms with Gasteiger partial charge < -0.3 is 0 Å². The Labute approximate surface area is 109 Å². The van der Waals surface area contributed by atoms with Gasteiger partial charge in [-0.05, 0) is 24.3 Å². The molecule has 0 aliphatic carbocycles. The molecule has 0 unspecified atom stereocenters. The highest BCUT2D eigenvalue weighted by Crippen LogP contribution is 2.19. The van der Waals surface area contributed by atoms with Crippen molar-refractivity contribution in [2.45, 2.75) is 5.16 Å². The molecule has 0 amide bonds. The molecular formula is C12H10N4O2S.